The van der Waals surface area contributed by atoms with Crippen LogP contribution in [0.2, 0.25) is 0 Å². The number of nitrogens with one attached hydrogen (secondary N) is 3. The quantitative estimate of drug-likeness (QED) is 0.771. The Labute approximate surface area is 141 Å². The fraction of sp³-hybridized carbons (Fsp3) is 0.588. The summed E-state index contributed by atoms with van der Waals surface area (Å²) in [7, 11) is 0. The van der Waals surface area contributed by atoms with Gasteiger partial charge >= 0.3 is 0 Å². The van der Waals surface area contributed by atoms with Crippen LogP contribution in [-0.4, -0.2) is 50.6 Å². The van der Waals surface area contributed by atoms with Gasteiger partial charge in [-0.15, -0.1) is 0 Å². The Morgan fingerprint density at radius 1 is 1.38 bits per heavy atom. The molecule has 128 valence electrons. The molecule has 4 rings (SSSR count). The zero-order valence-electron chi connectivity index (χ0n) is 13.8. The van der Waals surface area contributed by atoms with Crippen molar-refractivity contribution in [1.29, 1.82) is 0 Å². The first-order valence-corrected chi connectivity index (χ1v) is 8.83. The lowest BCUT2D eigenvalue weighted by atomic mass is 9.97. The number of imidazole rings is 1. The zero-order chi connectivity index (χ0) is 16.4. The molecule has 24 heavy (non-hydrogen) atoms. The number of amides is 1. The average Bonchev–Trinajstić information content (AvgIpc) is 3.30. The number of hydrogen-bond donors (Lipinski definition) is 3. The van der Waals surface area contributed by atoms with E-state index in [1.807, 2.05) is 6.20 Å². The van der Waals surface area contributed by atoms with E-state index in [1.54, 1.807) is 6.33 Å². The number of aromatic amines is 2. The van der Waals surface area contributed by atoms with Crippen LogP contribution in [0.25, 0.3) is 0 Å². The molecule has 0 saturated carbocycles. The van der Waals surface area contributed by atoms with Crippen LogP contribution in [0.15, 0.2) is 12.5 Å². The number of carbonyl (C=O) groups is 1. The molecule has 0 bridgehead atoms. The van der Waals surface area contributed by atoms with Crippen molar-refractivity contribution in [2.45, 2.75) is 38.6 Å². The average molecular weight is 328 g/mol. The number of likely N-dealkylation sites (tertiary alicyclic amines) is 1. The van der Waals surface area contributed by atoms with Gasteiger partial charge in [0.1, 0.15) is 0 Å². The van der Waals surface area contributed by atoms with Gasteiger partial charge in [0.05, 0.1) is 6.33 Å². The van der Waals surface area contributed by atoms with Crippen molar-refractivity contribution in [3.63, 3.8) is 0 Å². The Balaban J connectivity index is 1.29. The molecular formula is C17H24N6O. The number of aryl methyl sites for hydroxylation is 1. The van der Waals surface area contributed by atoms with E-state index in [9.17, 15) is 4.79 Å². The largest absolute Gasteiger partial charge is 0.350 e. The summed E-state index contributed by atoms with van der Waals surface area (Å²) in [6.07, 6.45) is 9.04. The van der Waals surface area contributed by atoms with Gasteiger partial charge in [0.25, 0.3) is 5.91 Å². The summed E-state index contributed by atoms with van der Waals surface area (Å²) in [6.45, 7) is 3.74. The summed E-state index contributed by atoms with van der Waals surface area (Å²) in [5, 5.41) is 10.3. The Hall–Kier alpha value is -2.15. The maximum atomic E-state index is 12.4. The highest BCUT2D eigenvalue weighted by molar-refractivity contribution is 5.94. The maximum absolute atomic E-state index is 12.4. The first-order chi connectivity index (χ1) is 11.8. The van der Waals surface area contributed by atoms with Gasteiger partial charge in [-0.3, -0.25) is 14.8 Å². The standard InChI is InChI=1S/C17H24N6O/c24-17(16-14-4-1-5-15(14)21-22-16)19-7-12-3-2-6-23(9-12)10-13-8-18-11-20-13/h8,11-12H,1-7,9-10H2,(H,18,20)(H,19,24)(H,21,22)/t12-/m0/s1. The van der Waals surface area contributed by atoms with Gasteiger partial charge in [-0.1, -0.05) is 0 Å². The monoisotopic (exact) mass is 328 g/mol. The molecule has 0 spiro atoms. The lowest BCUT2D eigenvalue weighted by molar-refractivity contribution is 0.0924. The van der Waals surface area contributed by atoms with Gasteiger partial charge in [-0.2, -0.15) is 5.10 Å². The summed E-state index contributed by atoms with van der Waals surface area (Å²) in [5.74, 6) is 0.470. The molecule has 0 radical (unpaired) electrons. The van der Waals surface area contributed by atoms with Crippen LogP contribution in [0, 0.1) is 5.92 Å². The summed E-state index contributed by atoms with van der Waals surface area (Å²) in [5.41, 5.74) is 4.01. The number of aromatic nitrogens is 4. The van der Waals surface area contributed by atoms with Crippen molar-refractivity contribution < 1.29 is 4.79 Å². The first-order valence-electron chi connectivity index (χ1n) is 8.83. The molecular weight excluding hydrogens is 304 g/mol. The van der Waals surface area contributed by atoms with E-state index in [0.29, 0.717) is 11.6 Å². The fourth-order valence-corrected chi connectivity index (χ4v) is 3.90. The Morgan fingerprint density at radius 3 is 3.21 bits per heavy atom. The number of hydrogen-bond acceptors (Lipinski definition) is 4. The maximum Gasteiger partial charge on any atom is 0.272 e. The minimum Gasteiger partial charge on any atom is -0.350 e. The van der Waals surface area contributed by atoms with Gasteiger partial charge in [-0.05, 0) is 44.6 Å². The zero-order valence-corrected chi connectivity index (χ0v) is 13.8. The Bertz CT molecular complexity index is 692. The normalized spacial score (nSPS) is 20.9. The van der Waals surface area contributed by atoms with E-state index < -0.39 is 0 Å². The summed E-state index contributed by atoms with van der Waals surface area (Å²) >= 11 is 0. The molecule has 3 N–H and O–H groups in total. The highest BCUT2D eigenvalue weighted by atomic mass is 16.1. The highest BCUT2D eigenvalue weighted by Gasteiger charge is 2.25. The SMILES string of the molecule is O=C(NC[C@@H]1CCCN(Cc2cnc[nH]2)C1)c1n[nH]c2c1CCC2. The number of carbonyl (C=O) groups excluding carboxylic acids is 1. The second-order valence-corrected chi connectivity index (χ2v) is 6.91. The molecule has 1 saturated heterocycles. The van der Waals surface area contributed by atoms with Crippen molar-refractivity contribution in [1.82, 2.24) is 30.4 Å². The second kappa shape index (κ2) is 6.76. The number of rotatable bonds is 5. The van der Waals surface area contributed by atoms with Crippen LogP contribution in [0.4, 0.5) is 0 Å². The molecule has 1 atom stereocenters. The van der Waals surface area contributed by atoms with Crippen molar-refractivity contribution in [3.8, 4) is 0 Å². The second-order valence-electron chi connectivity index (χ2n) is 6.91. The third-order valence-electron chi connectivity index (χ3n) is 5.12. The van der Waals surface area contributed by atoms with Crippen molar-refractivity contribution in [2.75, 3.05) is 19.6 Å². The smallest absolute Gasteiger partial charge is 0.272 e. The molecule has 2 aromatic heterocycles. The van der Waals surface area contributed by atoms with Gasteiger partial charge in [0, 0.05) is 42.8 Å². The third-order valence-corrected chi connectivity index (χ3v) is 5.12. The van der Waals surface area contributed by atoms with Crippen LogP contribution >= 0.6 is 0 Å². The van der Waals surface area contributed by atoms with Crippen molar-refractivity contribution in [2.24, 2.45) is 5.92 Å². The summed E-state index contributed by atoms with van der Waals surface area (Å²) in [6, 6.07) is 0. The molecule has 2 aromatic rings. The Morgan fingerprint density at radius 2 is 2.33 bits per heavy atom. The van der Waals surface area contributed by atoms with Gasteiger partial charge < -0.3 is 10.3 Å². The van der Waals surface area contributed by atoms with Crippen LogP contribution < -0.4 is 5.32 Å². The van der Waals surface area contributed by atoms with Gasteiger partial charge in [0.15, 0.2) is 5.69 Å². The lowest BCUT2D eigenvalue weighted by Crippen LogP contribution is -2.40. The van der Waals surface area contributed by atoms with E-state index in [4.69, 9.17) is 0 Å². The molecule has 1 aliphatic carbocycles. The predicted octanol–water partition coefficient (Wildman–Crippen LogP) is 1.26. The molecule has 0 aromatic carbocycles. The molecule has 3 heterocycles. The Kier molecular flexibility index (Phi) is 4.34. The molecule has 1 aliphatic heterocycles. The number of piperidine rings is 1. The highest BCUT2D eigenvalue weighted by Crippen LogP contribution is 2.23. The summed E-state index contributed by atoms with van der Waals surface area (Å²) < 4.78 is 0. The third kappa shape index (κ3) is 3.21. The van der Waals surface area contributed by atoms with Crippen molar-refractivity contribution >= 4 is 5.91 Å². The van der Waals surface area contributed by atoms with Crippen molar-refractivity contribution in [3.05, 3.63) is 35.2 Å². The van der Waals surface area contributed by atoms with Gasteiger partial charge in [-0.25, -0.2) is 4.98 Å². The molecule has 7 heteroatoms. The fourth-order valence-electron chi connectivity index (χ4n) is 3.90. The van der Waals surface area contributed by atoms with E-state index in [1.165, 1.54) is 12.8 Å². The molecule has 0 unspecified atom stereocenters. The number of fused-ring (bicyclic) bond motifs is 1. The predicted molar refractivity (Wildman–Crippen MR) is 89.5 cm³/mol. The van der Waals surface area contributed by atoms with Crippen LogP contribution in [-0.2, 0) is 19.4 Å². The van der Waals surface area contributed by atoms with Crippen LogP contribution in [0.3, 0.4) is 0 Å². The van der Waals surface area contributed by atoms with E-state index in [-0.39, 0.29) is 5.91 Å². The topological polar surface area (TPSA) is 89.7 Å². The van der Waals surface area contributed by atoms with Crippen LogP contribution in [0.1, 0.15) is 46.7 Å². The number of H-pyrrole nitrogens is 2. The van der Waals surface area contributed by atoms with E-state index >= 15 is 0 Å². The van der Waals surface area contributed by atoms with Gasteiger partial charge in [0.2, 0.25) is 0 Å². The van der Waals surface area contributed by atoms with Crippen LogP contribution in [0.5, 0.6) is 0 Å². The minimum atomic E-state index is -0.0277. The van der Waals surface area contributed by atoms with E-state index in [0.717, 1.165) is 62.4 Å². The molecule has 7 nitrogen and oxygen atoms in total. The molecule has 2 aliphatic rings. The molecule has 1 fully saturated rings. The number of nitrogens with zero attached hydrogens (tertiary/aromatic N) is 3. The minimum absolute atomic E-state index is 0.0277. The summed E-state index contributed by atoms with van der Waals surface area (Å²) in [4.78, 5) is 22.1. The van der Waals surface area contributed by atoms with E-state index in [2.05, 4.69) is 30.4 Å². The lowest BCUT2D eigenvalue weighted by Gasteiger charge is -2.32. The first kappa shape index (κ1) is 15.4. The molecule has 1 amide bonds.